The van der Waals surface area contributed by atoms with E-state index in [-0.39, 0.29) is 6.10 Å². The van der Waals surface area contributed by atoms with E-state index in [0.29, 0.717) is 5.92 Å². The molecule has 0 aliphatic heterocycles. The molecule has 0 bridgehead atoms. The minimum atomic E-state index is -0.134. The summed E-state index contributed by atoms with van der Waals surface area (Å²) >= 11 is 0. The van der Waals surface area contributed by atoms with Crippen molar-refractivity contribution in [2.75, 3.05) is 13.1 Å². The molecule has 1 saturated carbocycles. The fraction of sp³-hybridized carbons (Fsp3) is 1.00. The van der Waals surface area contributed by atoms with Crippen molar-refractivity contribution >= 4 is 0 Å². The summed E-state index contributed by atoms with van der Waals surface area (Å²) in [5.74, 6) is 0.438. The first-order valence-electron chi connectivity index (χ1n) is 5.61. The highest BCUT2D eigenvalue weighted by molar-refractivity contribution is 4.85. The summed E-state index contributed by atoms with van der Waals surface area (Å²) in [5, 5.41) is 9.85. The molecule has 2 atom stereocenters. The Morgan fingerprint density at radius 1 is 1.38 bits per heavy atom. The quantitative estimate of drug-likeness (QED) is 0.683. The van der Waals surface area contributed by atoms with E-state index in [1.54, 1.807) is 0 Å². The standard InChI is InChI=1S/C11H23NO/c1-4-9(3)11(13)8-12(5-2)10-6-7-10/h9-11,13H,4-8H2,1-3H3. The van der Waals surface area contributed by atoms with Crippen molar-refractivity contribution in [2.45, 2.75) is 52.2 Å². The number of aliphatic hydroxyl groups excluding tert-OH is 1. The third kappa shape index (κ3) is 3.28. The van der Waals surface area contributed by atoms with Crippen molar-refractivity contribution in [1.82, 2.24) is 4.90 Å². The topological polar surface area (TPSA) is 23.5 Å². The molecule has 2 heteroatoms. The summed E-state index contributed by atoms with van der Waals surface area (Å²) in [6.45, 7) is 8.41. The second kappa shape index (κ2) is 4.97. The van der Waals surface area contributed by atoms with Crippen LogP contribution in [0.5, 0.6) is 0 Å². The number of hydrogen-bond acceptors (Lipinski definition) is 2. The fourth-order valence-electron chi connectivity index (χ4n) is 1.67. The normalized spacial score (nSPS) is 21.9. The average molecular weight is 185 g/mol. The first kappa shape index (κ1) is 11.0. The second-order valence-corrected chi connectivity index (χ2v) is 4.27. The van der Waals surface area contributed by atoms with Crippen molar-refractivity contribution in [3.05, 3.63) is 0 Å². The summed E-state index contributed by atoms with van der Waals surface area (Å²) in [5.41, 5.74) is 0. The summed E-state index contributed by atoms with van der Waals surface area (Å²) in [4.78, 5) is 2.41. The smallest absolute Gasteiger partial charge is 0.0692 e. The predicted octanol–water partition coefficient (Wildman–Crippen LogP) is 1.88. The molecule has 0 heterocycles. The van der Waals surface area contributed by atoms with E-state index in [4.69, 9.17) is 0 Å². The van der Waals surface area contributed by atoms with Gasteiger partial charge in [0.2, 0.25) is 0 Å². The van der Waals surface area contributed by atoms with Crippen LogP contribution >= 0.6 is 0 Å². The molecule has 0 spiro atoms. The van der Waals surface area contributed by atoms with Crippen molar-refractivity contribution < 1.29 is 5.11 Å². The van der Waals surface area contributed by atoms with E-state index in [2.05, 4.69) is 25.7 Å². The zero-order chi connectivity index (χ0) is 9.84. The van der Waals surface area contributed by atoms with Crippen LogP contribution in [0.3, 0.4) is 0 Å². The zero-order valence-corrected chi connectivity index (χ0v) is 9.16. The maximum atomic E-state index is 9.85. The third-order valence-electron chi connectivity index (χ3n) is 3.19. The molecule has 2 unspecified atom stereocenters. The highest BCUT2D eigenvalue weighted by Gasteiger charge is 2.29. The lowest BCUT2D eigenvalue weighted by Gasteiger charge is -2.26. The van der Waals surface area contributed by atoms with Gasteiger partial charge in [0.25, 0.3) is 0 Å². The average Bonchev–Trinajstić information content (AvgIpc) is 2.95. The highest BCUT2D eigenvalue weighted by atomic mass is 16.3. The van der Waals surface area contributed by atoms with E-state index in [1.807, 2.05) is 0 Å². The van der Waals surface area contributed by atoms with Gasteiger partial charge in [-0.05, 0) is 25.3 Å². The van der Waals surface area contributed by atoms with Crippen LogP contribution in [0, 0.1) is 5.92 Å². The van der Waals surface area contributed by atoms with Crippen LogP contribution in [0.25, 0.3) is 0 Å². The summed E-state index contributed by atoms with van der Waals surface area (Å²) in [6, 6.07) is 0.781. The molecule has 13 heavy (non-hydrogen) atoms. The van der Waals surface area contributed by atoms with Crippen LogP contribution in [-0.4, -0.2) is 35.2 Å². The Balaban J connectivity index is 2.27. The molecule has 0 saturated heterocycles. The molecule has 1 aliphatic rings. The molecule has 1 fully saturated rings. The van der Waals surface area contributed by atoms with E-state index in [0.717, 1.165) is 25.6 Å². The van der Waals surface area contributed by atoms with E-state index in [1.165, 1.54) is 12.8 Å². The molecule has 1 rings (SSSR count). The van der Waals surface area contributed by atoms with Gasteiger partial charge in [-0.1, -0.05) is 27.2 Å². The van der Waals surface area contributed by atoms with Crippen LogP contribution in [0.1, 0.15) is 40.0 Å². The highest BCUT2D eigenvalue weighted by Crippen LogP contribution is 2.27. The van der Waals surface area contributed by atoms with Crippen LogP contribution in [0.2, 0.25) is 0 Å². The first-order chi connectivity index (χ1) is 6.19. The van der Waals surface area contributed by atoms with Crippen molar-refractivity contribution in [1.29, 1.82) is 0 Å². The van der Waals surface area contributed by atoms with Crippen molar-refractivity contribution in [2.24, 2.45) is 5.92 Å². The number of hydrogen-bond donors (Lipinski definition) is 1. The monoisotopic (exact) mass is 185 g/mol. The summed E-state index contributed by atoms with van der Waals surface area (Å²) < 4.78 is 0. The zero-order valence-electron chi connectivity index (χ0n) is 9.16. The molecule has 0 radical (unpaired) electrons. The Hall–Kier alpha value is -0.0800. The fourth-order valence-corrected chi connectivity index (χ4v) is 1.67. The summed E-state index contributed by atoms with van der Waals surface area (Å²) in [7, 11) is 0. The minimum Gasteiger partial charge on any atom is -0.392 e. The predicted molar refractivity (Wildman–Crippen MR) is 55.7 cm³/mol. The van der Waals surface area contributed by atoms with Gasteiger partial charge in [-0.2, -0.15) is 0 Å². The molecule has 0 aromatic rings. The molecule has 2 nitrogen and oxygen atoms in total. The van der Waals surface area contributed by atoms with E-state index >= 15 is 0 Å². The minimum absolute atomic E-state index is 0.134. The number of nitrogens with zero attached hydrogens (tertiary/aromatic N) is 1. The molecule has 1 N–H and O–H groups in total. The van der Waals surface area contributed by atoms with E-state index in [9.17, 15) is 5.11 Å². The molecule has 0 amide bonds. The van der Waals surface area contributed by atoms with Gasteiger partial charge < -0.3 is 5.11 Å². The maximum Gasteiger partial charge on any atom is 0.0692 e. The van der Waals surface area contributed by atoms with Crippen LogP contribution in [0.4, 0.5) is 0 Å². The van der Waals surface area contributed by atoms with Crippen LogP contribution < -0.4 is 0 Å². The van der Waals surface area contributed by atoms with Crippen LogP contribution in [0.15, 0.2) is 0 Å². The van der Waals surface area contributed by atoms with Gasteiger partial charge in [0.15, 0.2) is 0 Å². The number of aliphatic hydroxyl groups is 1. The molecule has 78 valence electrons. The van der Waals surface area contributed by atoms with Gasteiger partial charge in [0, 0.05) is 12.6 Å². The van der Waals surface area contributed by atoms with Gasteiger partial charge in [-0.3, -0.25) is 4.90 Å². The van der Waals surface area contributed by atoms with Gasteiger partial charge in [0.1, 0.15) is 0 Å². The molecular formula is C11H23NO. The van der Waals surface area contributed by atoms with E-state index < -0.39 is 0 Å². The Morgan fingerprint density at radius 2 is 2.00 bits per heavy atom. The van der Waals surface area contributed by atoms with Gasteiger partial charge in [-0.25, -0.2) is 0 Å². The van der Waals surface area contributed by atoms with Crippen molar-refractivity contribution in [3.8, 4) is 0 Å². The molecular weight excluding hydrogens is 162 g/mol. The lowest BCUT2D eigenvalue weighted by molar-refractivity contribution is 0.0674. The largest absolute Gasteiger partial charge is 0.392 e. The third-order valence-corrected chi connectivity index (χ3v) is 3.19. The van der Waals surface area contributed by atoms with Crippen LogP contribution in [-0.2, 0) is 0 Å². The Kier molecular flexibility index (Phi) is 4.20. The number of rotatable bonds is 6. The molecule has 1 aliphatic carbocycles. The van der Waals surface area contributed by atoms with Gasteiger partial charge in [0.05, 0.1) is 6.10 Å². The van der Waals surface area contributed by atoms with Gasteiger partial charge >= 0.3 is 0 Å². The lowest BCUT2D eigenvalue weighted by atomic mass is 10.0. The second-order valence-electron chi connectivity index (χ2n) is 4.27. The lowest BCUT2D eigenvalue weighted by Crippen LogP contribution is -2.37. The maximum absolute atomic E-state index is 9.85. The Morgan fingerprint density at radius 3 is 2.38 bits per heavy atom. The molecule has 0 aromatic heterocycles. The SMILES string of the molecule is CCC(C)C(O)CN(CC)C1CC1. The summed E-state index contributed by atoms with van der Waals surface area (Å²) in [6.07, 6.45) is 3.61. The Labute approximate surface area is 81.9 Å². The Bertz CT molecular complexity index is 145. The van der Waals surface area contributed by atoms with Gasteiger partial charge in [-0.15, -0.1) is 0 Å². The van der Waals surface area contributed by atoms with Crippen molar-refractivity contribution in [3.63, 3.8) is 0 Å². The molecule has 0 aromatic carbocycles. The first-order valence-corrected chi connectivity index (χ1v) is 5.61. The number of likely N-dealkylation sites (N-methyl/N-ethyl adjacent to an activating group) is 1.